The van der Waals surface area contributed by atoms with E-state index in [-0.39, 0.29) is 6.01 Å². The van der Waals surface area contributed by atoms with Gasteiger partial charge in [-0.2, -0.15) is 20.2 Å². The molecule has 1 N–H and O–H groups in total. The Labute approximate surface area is 133 Å². The lowest BCUT2D eigenvalue weighted by Gasteiger charge is -2.26. The van der Waals surface area contributed by atoms with Gasteiger partial charge in [0.05, 0.1) is 32.0 Å². The molecule has 3 rings (SSSR count). The fraction of sp³-hybridized carbons (Fsp3) is 0.333. The molecule has 0 bridgehead atoms. The Morgan fingerprint density at radius 2 is 1.91 bits per heavy atom. The highest BCUT2D eigenvalue weighted by atomic mass is 16.5. The van der Waals surface area contributed by atoms with Crippen LogP contribution in [0.15, 0.2) is 24.3 Å². The second kappa shape index (κ2) is 6.89. The number of morpholine rings is 1. The lowest BCUT2D eigenvalue weighted by molar-refractivity contribution is 0.122. The highest BCUT2D eigenvalue weighted by molar-refractivity contribution is 5.56. The van der Waals surface area contributed by atoms with Gasteiger partial charge >= 0.3 is 6.01 Å². The van der Waals surface area contributed by atoms with Gasteiger partial charge in [0, 0.05) is 18.8 Å². The second-order valence-electron chi connectivity index (χ2n) is 4.86. The maximum Gasteiger partial charge on any atom is 0.322 e. The molecule has 1 fully saturated rings. The molecule has 118 valence electrons. The van der Waals surface area contributed by atoms with Crippen LogP contribution in [0.1, 0.15) is 5.56 Å². The molecule has 0 spiro atoms. The van der Waals surface area contributed by atoms with E-state index < -0.39 is 0 Å². The molecule has 23 heavy (non-hydrogen) atoms. The third kappa shape index (κ3) is 3.64. The van der Waals surface area contributed by atoms with Gasteiger partial charge < -0.3 is 19.7 Å². The Morgan fingerprint density at radius 3 is 2.57 bits per heavy atom. The predicted octanol–water partition coefficient (Wildman–Crippen LogP) is 1.33. The maximum absolute atomic E-state index is 8.83. The minimum absolute atomic E-state index is 0.248. The molecule has 1 aliphatic heterocycles. The van der Waals surface area contributed by atoms with E-state index in [4.69, 9.17) is 14.7 Å². The second-order valence-corrected chi connectivity index (χ2v) is 4.86. The molecule has 0 radical (unpaired) electrons. The van der Waals surface area contributed by atoms with Gasteiger partial charge in [0.1, 0.15) is 0 Å². The molecule has 8 heteroatoms. The van der Waals surface area contributed by atoms with Crippen LogP contribution in [-0.2, 0) is 4.74 Å². The minimum atomic E-state index is 0.248. The van der Waals surface area contributed by atoms with E-state index in [1.54, 1.807) is 24.3 Å². The predicted molar refractivity (Wildman–Crippen MR) is 83.9 cm³/mol. The molecule has 0 amide bonds. The largest absolute Gasteiger partial charge is 0.467 e. The van der Waals surface area contributed by atoms with Gasteiger partial charge in [0.25, 0.3) is 0 Å². The number of benzene rings is 1. The van der Waals surface area contributed by atoms with Crippen LogP contribution in [0.25, 0.3) is 0 Å². The van der Waals surface area contributed by atoms with Crippen LogP contribution in [0.3, 0.4) is 0 Å². The normalized spacial score (nSPS) is 14.2. The number of anilines is 3. The first kappa shape index (κ1) is 15.0. The number of aromatic nitrogens is 3. The molecule has 0 atom stereocenters. The summed E-state index contributed by atoms with van der Waals surface area (Å²) < 4.78 is 10.5. The van der Waals surface area contributed by atoms with Crippen LogP contribution >= 0.6 is 0 Å². The van der Waals surface area contributed by atoms with Gasteiger partial charge in [0.15, 0.2) is 0 Å². The summed E-state index contributed by atoms with van der Waals surface area (Å²) in [5, 5.41) is 11.9. The van der Waals surface area contributed by atoms with Gasteiger partial charge in [-0.25, -0.2) is 0 Å². The van der Waals surface area contributed by atoms with Crippen molar-refractivity contribution >= 4 is 17.6 Å². The van der Waals surface area contributed by atoms with Crippen molar-refractivity contribution in [1.29, 1.82) is 5.26 Å². The highest BCUT2D eigenvalue weighted by Gasteiger charge is 2.17. The van der Waals surface area contributed by atoms with Gasteiger partial charge in [-0.1, -0.05) is 0 Å². The lowest BCUT2D eigenvalue weighted by atomic mass is 10.2. The number of methoxy groups -OCH3 is 1. The van der Waals surface area contributed by atoms with Crippen molar-refractivity contribution in [3.8, 4) is 12.1 Å². The summed E-state index contributed by atoms with van der Waals surface area (Å²) >= 11 is 0. The SMILES string of the molecule is COc1nc(Nc2ccc(C#N)cc2)nc(N2CCOCC2)n1. The van der Waals surface area contributed by atoms with Crippen molar-refractivity contribution in [1.82, 2.24) is 15.0 Å². The Morgan fingerprint density at radius 1 is 1.17 bits per heavy atom. The van der Waals surface area contributed by atoms with E-state index in [0.29, 0.717) is 30.7 Å². The fourth-order valence-corrected chi connectivity index (χ4v) is 2.16. The zero-order valence-corrected chi connectivity index (χ0v) is 12.7. The van der Waals surface area contributed by atoms with Crippen LogP contribution in [0.4, 0.5) is 17.6 Å². The van der Waals surface area contributed by atoms with Crippen LogP contribution in [0.2, 0.25) is 0 Å². The quantitative estimate of drug-likeness (QED) is 0.903. The molecule has 2 heterocycles. The first-order valence-electron chi connectivity index (χ1n) is 7.18. The Kier molecular flexibility index (Phi) is 4.49. The third-order valence-corrected chi connectivity index (χ3v) is 3.35. The van der Waals surface area contributed by atoms with Gasteiger partial charge in [0.2, 0.25) is 11.9 Å². The molecule has 0 aliphatic carbocycles. The molecule has 1 saturated heterocycles. The van der Waals surface area contributed by atoms with Gasteiger partial charge in [-0.05, 0) is 24.3 Å². The average molecular weight is 312 g/mol. The topological polar surface area (TPSA) is 96.2 Å². The van der Waals surface area contributed by atoms with E-state index in [1.165, 1.54) is 7.11 Å². The standard InChI is InChI=1S/C15H16N6O2/c1-22-15-19-13(17-12-4-2-11(10-16)3-5-12)18-14(20-15)21-6-8-23-9-7-21/h2-5H,6-9H2,1H3,(H,17,18,19,20). The zero-order chi connectivity index (χ0) is 16.1. The molecule has 8 nitrogen and oxygen atoms in total. The summed E-state index contributed by atoms with van der Waals surface area (Å²) in [6.45, 7) is 2.74. The van der Waals surface area contributed by atoms with E-state index in [1.807, 2.05) is 4.90 Å². The summed E-state index contributed by atoms with van der Waals surface area (Å²) in [5.74, 6) is 0.944. The molecule has 0 unspecified atom stereocenters. The Hall–Kier alpha value is -2.92. The van der Waals surface area contributed by atoms with Crippen molar-refractivity contribution < 1.29 is 9.47 Å². The molecule has 0 saturated carbocycles. The van der Waals surface area contributed by atoms with Crippen molar-refractivity contribution in [2.24, 2.45) is 0 Å². The zero-order valence-electron chi connectivity index (χ0n) is 12.7. The molecular weight excluding hydrogens is 296 g/mol. The fourth-order valence-electron chi connectivity index (χ4n) is 2.16. The van der Waals surface area contributed by atoms with E-state index >= 15 is 0 Å². The number of hydrogen-bond donors (Lipinski definition) is 1. The molecular formula is C15H16N6O2. The smallest absolute Gasteiger partial charge is 0.322 e. The van der Waals surface area contributed by atoms with E-state index in [2.05, 4.69) is 26.3 Å². The molecule has 1 aliphatic rings. The Balaban J connectivity index is 1.84. The van der Waals surface area contributed by atoms with Crippen molar-refractivity contribution in [3.63, 3.8) is 0 Å². The minimum Gasteiger partial charge on any atom is -0.467 e. The number of nitrogens with one attached hydrogen (secondary N) is 1. The Bertz CT molecular complexity index is 707. The molecule has 2 aromatic rings. The summed E-state index contributed by atoms with van der Waals surface area (Å²) in [4.78, 5) is 15.0. The molecule has 1 aromatic heterocycles. The summed E-state index contributed by atoms with van der Waals surface area (Å²) in [7, 11) is 1.52. The van der Waals surface area contributed by atoms with Crippen molar-refractivity contribution in [3.05, 3.63) is 29.8 Å². The number of ether oxygens (including phenoxy) is 2. The summed E-state index contributed by atoms with van der Waals surface area (Å²) in [6.07, 6.45) is 0. The van der Waals surface area contributed by atoms with Crippen molar-refractivity contribution in [2.45, 2.75) is 0 Å². The first-order chi connectivity index (χ1) is 11.3. The van der Waals surface area contributed by atoms with Crippen LogP contribution < -0.4 is 15.0 Å². The van der Waals surface area contributed by atoms with Gasteiger partial charge in [-0.15, -0.1) is 0 Å². The summed E-state index contributed by atoms with van der Waals surface area (Å²) in [5.41, 5.74) is 1.38. The highest BCUT2D eigenvalue weighted by Crippen LogP contribution is 2.19. The van der Waals surface area contributed by atoms with Crippen LogP contribution in [0.5, 0.6) is 6.01 Å². The van der Waals surface area contributed by atoms with Crippen molar-refractivity contribution in [2.75, 3.05) is 43.6 Å². The van der Waals surface area contributed by atoms with Crippen LogP contribution in [-0.4, -0.2) is 48.4 Å². The van der Waals surface area contributed by atoms with Crippen LogP contribution in [0, 0.1) is 11.3 Å². The van der Waals surface area contributed by atoms with E-state index in [0.717, 1.165) is 18.8 Å². The number of rotatable bonds is 4. The summed E-state index contributed by atoms with van der Waals surface area (Å²) in [6, 6.07) is 9.37. The maximum atomic E-state index is 8.83. The van der Waals surface area contributed by atoms with E-state index in [9.17, 15) is 0 Å². The monoisotopic (exact) mass is 312 g/mol. The number of hydrogen-bond acceptors (Lipinski definition) is 8. The lowest BCUT2D eigenvalue weighted by Crippen LogP contribution is -2.37. The van der Waals surface area contributed by atoms with Gasteiger partial charge in [-0.3, -0.25) is 0 Å². The molecule has 1 aromatic carbocycles. The third-order valence-electron chi connectivity index (χ3n) is 3.35. The number of nitrogens with zero attached hydrogens (tertiary/aromatic N) is 5. The average Bonchev–Trinajstić information content (AvgIpc) is 2.63. The first-order valence-corrected chi connectivity index (χ1v) is 7.18. The number of nitriles is 1.